The molecule has 5 rings (SSSR count). The highest BCUT2D eigenvalue weighted by atomic mass is 79.9. The molecule has 36 heavy (non-hydrogen) atoms. The van der Waals surface area contributed by atoms with E-state index >= 15 is 0 Å². The molecule has 0 bridgehead atoms. The van der Waals surface area contributed by atoms with Crippen LogP contribution < -0.4 is 4.74 Å². The van der Waals surface area contributed by atoms with Gasteiger partial charge >= 0.3 is 0 Å². The first-order valence-corrected chi connectivity index (χ1v) is 12.4. The lowest BCUT2D eigenvalue weighted by molar-refractivity contribution is -0.0391. The summed E-state index contributed by atoms with van der Waals surface area (Å²) in [5.41, 5.74) is 1.90. The molecule has 0 saturated carbocycles. The minimum Gasteiger partial charge on any atom is -0.481 e. The van der Waals surface area contributed by atoms with Crippen molar-refractivity contribution in [1.29, 1.82) is 0 Å². The molecule has 2 aromatic heterocycles. The second kappa shape index (κ2) is 9.94. The van der Waals surface area contributed by atoms with Gasteiger partial charge in [0.2, 0.25) is 5.88 Å². The van der Waals surface area contributed by atoms with E-state index in [1.807, 2.05) is 20.2 Å². The van der Waals surface area contributed by atoms with Gasteiger partial charge in [0, 0.05) is 53.8 Å². The molecule has 8 nitrogen and oxygen atoms in total. The lowest BCUT2D eigenvalue weighted by Gasteiger charge is -2.22. The lowest BCUT2D eigenvalue weighted by atomic mass is 9.97. The summed E-state index contributed by atoms with van der Waals surface area (Å²) in [5, 5.41) is 5.54. The fourth-order valence-corrected chi connectivity index (χ4v) is 4.87. The van der Waals surface area contributed by atoms with Gasteiger partial charge < -0.3 is 14.4 Å². The molecule has 0 aliphatic carbocycles. The van der Waals surface area contributed by atoms with Crippen molar-refractivity contribution >= 4 is 55.5 Å². The molecule has 10 heteroatoms. The van der Waals surface area contributed by atoms with E-state index < -0.39 is 5.82 Å². The van der Waals surface area contributed by atoms with Gasteiger partial charge in [0.05, 0.1) is 30.2 Å². The third-order valence-electron chi connectivity index (χ3n) is 6.09. The molecule has 186 valence electrons. The molecule has 1 atom stereocenters. The number of carbonyl (C=O) groups excluding carboxylic acids is 1. The van der Waals surface area contributed by atoms with Crippen molar-refractivity contribution in [3.63, 3.8) is 0 Å². The fourth-order valence-electron chi connectivity index (χ4n) is 4.34. The van der Waals surface area contributed by atoms with Gasteiger partial charge in [0.25, 0.3) is 0 Å². The second-order valence-corrected chi connectivity index (χ2v) is 9.68. The van der Waals surface area contributed by atoms with Gasteiger partial charge in [0.15, 0.2) is 11.6 Å². The summed E-state index contributed by atoms with van der Waals surface area (Å²) in [5.74, 6) is -0.339. The Morgan fingerprint density at radius 1 is 1.22 bits per heavy atom. The Morgan fingerprint density at radius 2 is 2.06 bits per heavy atom. The predicted molar refractivity (Wildman–Crippen MR) is 140 cm³/mol. The Labute approximate surface area is 215 Å². The molecule has 3 heterocycles. The Hall–Kier alpha value is -3.37. The number of methoxy groups -OCH3 is 1. The van der Waals surface area contributed by atoms with Crippen molar-refractivity contribution in [2.45, 2.75) is 25.5 Å². The maximum atomic E-state index is 14.8. The normalized spacial score (nSPS) is 16.2. The monoisotopic (exact) mass is 553 g/mol. The van der Waals surface area contributed by atoms with E-state index in [9.17, 15) is 9.18 Å². The highest BCUT2D eigenvalue weighted by molar-refractivity contribution is 9.10. The topological polar surface area (TPSA) is 81.8 Å². The molecule has 0 N–H and O–H groups in total. The van der Waals surface area contributed by atoms with Crippen molar-refractivity contribution in [2.75, 3.05) is 27.8 Å². The maximum Gasteiger partial charge on any atom is 0.213 e. The number of fused-ring (bicyclic) bond motifs is 2. The third kappa shape index (κ3) is 4.46. The van der Waals surface area contributed by atoms with Gasteiger partial charge in [-0.3, -0.25) is 4.79 Å². The summed E-state index contributed by atoms with van der Waals surface area (Å²) in [7, 11) is 5.24. The zero-order valence-corrected chi connectivity index (χ0v) is 21.7. The first-order valence-electron chi connectivity index (χ1n) is 11.6. The summed E-state index contributed by atoms with van der Waals surface area (Å²) < 4.78 is 28.1. The van der Waals surface area contributed by atoms with E-state index in [0.29, 0.717) is 50.1 Å². The Bertz CT molecular complexity index is 1490. The van der Waals surface area contributed by atoms with E-state index in [1.165, 1.54) is 12.1 Å². The van der Waals surface area contributed by atoms with Gasteiger partial charge in [-0.2, -0.15) is 5.10 Å². The minimum atomic E-state index is -0.488. The third-order valence-corrected chi connectivity index (χ3v) is 6.69. The standard InChI is InChI=1S/C26H25BrFN5O3/c1-32(2)14-29-23-16-8-10-21(35-3)30-24(16)19(27)12-17(23)26(34)15-7-9-20(28)25-18(15)13-33(31-25)22-6-4-5-11-36-22/h7-10,12-14,22H,4-6,11H2,1-3H3. The number of aliphatic imine (C=N–C) groups is 1. The molecule has 1 aliphatic heterocycles. The first kappa shape index (κ1) is 24.3. The Balaban J connectivity index is 1.68. The van der Waals surface area contributed by atoms with Crippen LogP contribution in [0.1, 0.15) is 41.4 Å². The molecule has 1 saturated heterocycles. The van der Waals surface area contributed by atoms with E-state index in [-0.39, 0.29) is 17.5 Å². The molecular weight excluding hydrogens is 529 g/mol. The number of pyridine rings is 1. The van der Waals surface area contributed by atoms with Crippen molar-refractivity contribution in [3.8, 4) is 5.88 Å². The second-order valence-electron chi connectivity index (χ2n) is 8.83. The lowest BCUT2D eigenvalue weighted by Crippen LogP contribution is -2.18. The van der Waals surface area contributed by atoms with Crippen molar-refractivity contribution in [3.05, 3.63) is 57.9 Å². The molecule has 4 aromatic rings. The van der Waals surface area contributed by atoms with Crippen LogP contribution in [0.5, 0.6) is 5.88 Å². The number of hydrogen-bond donors (Lipinski definition) is 0. The summed E-state index contributed by atoms with van der Waals surface area (Å²) >= 11 is 3.56. The number of nitrogens with zero attached hydrogens (tertiary/aromatic N) is 5. The largest absolute Gasteiger partial charge is 0.481 e. The van der Waals surface area contributed by atoms with Crippen LogP contribution in [0, 0.1) is 5.82 Å². The number of ether oxygens (including phenoxy) is 2. The number of aromatic nitrogens is 3. The van der Waals surface area contributed by atoms with Crippen LogP contribution in [0.4, 0.5) is 10.1 Å². The van der Waals surface area contributed by atoms with Crippen molar-refractivity contribution < 1.29 is 18.7 Å². The molecule has 1 aliphatic rings. The SMILES string of the molecule is COc1ccc2c(N=CN(C)C)c(C(=O)c3ccc(F)c4nn(C5CCCCO5)cc34)cc(Br)c2n1. The Kier molecular flexibility index (Phi) is 6.72. The number of benzene rings is 2. The zero-order valence-electron chi connectivity index (χ0n) is 20.2. The van der Waals surface area contributed by atoms with Gasteiger partial charge in [-0.15, -0.1) is 0 Å². The van der Waals surface area contributed by atoms with Crippen LogP contribution >= 0.6 is 15.9 Å². The van der Waals surface area contributed by atoms with E-state index in [1.54, 1.807) is 41.4 Å². The van der Waals surface area contributed by atoms with Gasteiger partial charge in [0.1, 0.15) is 11.7 Å². The zero-order chi connectivity index (χ0) is 25.4. The first-order chi connectivity index (χ1) is 17.4. The number of rotatable bonds is 6. The highest BCUT2D eigenvalue weighted by Gasteiger charge is 2.25. The number of ketones is 1. The number of halogens is 2. The highest BCUT2D eigenvalue weighted by Crippen LogP contribution is 2.38. The smallest absolute Gasteiger partial charge is 0.213 e. The van der Waals surface area contributed by atoms with Crippen LogP contribution in [0.2, 0.25) is 0 Å². The minimum absolute atomic E-state index is 0.139. The average molecular weight is 554 g/mol. The van der Waals surface area contributed by atoms with Gasteiger partial charge in [-0.05, 0) is 59.5 Å². The molecule has 2 aromatic carbocycles. The summed E-state index contributed by atoms with van der Waals surface area (Å²) in [4.78, 5) is 24.9. The number of hydrogen-bond acceptors (Lipinski definition) is 6. The molecule has 1 unspecified atom stereocenters. The molecule has 1 fully saturated rings. The van der Waals surface area contributed by atoms with Crippen LogP contribution in [0.3, 0.4) is 0 Å². The van der Waals surface area contributed by atoms with E-state index in [2.05, 4.69) is 31.0 Å². The predicted octanol–water partition coefficient (Wildman–Crippen LogP) is 5.65. The maximum absolute atomic E-state index is 14.8. The van der Waals surface area contributed by atoms with E-state index in [0.717, 1.165) is 19.3 Å². The fraction of sp³-hybridized carbons (Fsp3) is 0.308. The molecular formula is C26H25BrFN5O3. The van der Waals surface area contributed by atoms with Crippen LogP contribution in [-0.4, -0.2) is 59.6 Å². The van der Waals surface area contributed by atoms with E-state index in [4.69, 9.17) is 9.47 Å². The summed E-state index contributed by atoms with van der Waals surface area (Å²) in [6.07, 6.45) is 5.84. The average Bonchev–Trinajstić information content (AvgIpc) is 3.34. The molecule has 0 amide bonds. The van der Waals surface area contributed by atoms with Crippen LogP contribution in [-0.2, 0) is 4.74 Å². The van der Waals surface area contributed by atoms with Gasteiger partial charge in [-0.1, -0.05) is 0 Å². The van der Waals surface area contributed by atoms with Crippen molar-refractivity contribution in [2.24, 2.45) is 4.99 Å². The summed E-state index contributed by atoms with van der Waals surface area (Å²) in [6, 6.07) is 8.02. The quantitative estimate of drug-likeness (QED) is 0.174. The van der Waals surface area contributed by atoms with Crippen molar-refractivity contribution in [1.82, 2.24) is 19.7 Å². The summed E-state index contributed by atoms with van der Waals surface area (Å²) in [6.45, 7) is 0.631. The Morgan fingerprint density at radius 3 is 2.78 bits per heavy atom. The van der Waals surface area contributed by atoms with Crippen LogP contribution in [0.25, 0.3) is 21.8 Å². The number of carbonyl (C=O) groups is 1. The molecule has 0 radical (unpaired) electrons. The van der Waals surface area contributed by atoms with Gasteiger partial charge in [-0.25, -0.2) is 19.0 Å². The molecule has 0 spiro atoms. The van der Waals surface area contributed by atoms with Crippen LogP contribution in [0.15, 0.2) is 46.0 Å².